The summed E-state index contributed by atoms with van der Waals surface area (Å²) in [6, 6.07) is 7.34. The first-order valence-electron chi connectivity index (χ1n) is 6.91. The molecule has 20 heavy (non-hydrogen) atoms. The zero-order chi connectivity index (χ0) is 14.5. The summed E-state index contributed by atoms with van der Waals surface area (Å²) in [6.07, 6.45) is 2.12. The first kappa shape index (κ1) is 14.4. The molecule has 0 aliphatic carbocycles. The molecule has 1 aromatic carbocycles. The van der Waals surface area contributed by atoms with Gasteiger partial charge in [-0.05, 0) is 31.0 Å². The van der Waals surface area contributed by atoms with Gasteiger partial charge in [0.1, 0.15) is 0 Å². The van der Waals surface area contributed by atoms with Crippen molar-refractivity contribution >= 4 is 17.5 Å². The Balaban J connectivity index is 1.91. The van der Waals surface area contributed by atoms with Crippen LogP contribution in [0.15, 0.2) is 24.3 Å². The number of carbonyl (C=O) groups excluding carboxylic acids is 2. The number of carbonyl (C=O) groups is 2. The molecule has 5 nitrogen and oxygen atoms in total. The number of likely N-dealkylation sites (tertiary alicyclic amines) is 1. The molecule has 1 fully saturated rings. The van der Waals surface area contributed by atoms with Crippen LogP contribution in [0, 0.1) is 0 Å². The van der Waals surface area contributed by atoms with Gasteiger partial charge in [-0.3, -0.25) is 9.59 Å². The van der Waals surface area contributed by atoms with Crippen molar-refractivity contribution in [2.45, 2.75) is 12.8 Å². The molecule has 0 radical (unpaired) electrons. The summed E-state index contributed by atoms with van der Waals surface area (Å²) in [6.45, 7) is 1.70. The fourth-order valence-corrected chi connectivity index (χ4v) is 2.26. The summed E-state index contributed by atoms with van der Waals surface area (Å²) in [7, 11) is 3.85. The fourth-order valence-electron chi connectivity index (χ4n) is 2.26. The van der Waals surface area contributed by atoms with Gasteiger partial charge in [-0.1, -0.05) is 6.07 Å². The van der Waals surface area contributed by atoms with E-state index in [9.17, 15) is 9.59 Å². The molecule has 0 unspecified atom stereocenters. The molecule has 108 valence electrons. The van der Waals surface area contributed by atoms with E-state index in [0.29, 0.717) is 5.56 Å². The quantitative estimate of drug-likeness (QED) is 0.895. The number of hydrogen-bond donors (Lipinski definition) is 1. The normalized spacial score (nSPS) is 14.2. The molecule has 1 heterocycles. The van der Waals surface area contributed by atoms with Crippen LogP contribution in [0.25, 0.3) is 0 Å². The largest absolute Gasteiger partial charge is 0.378 e. The van der Waals surface area contributed by atoms with E-state index in [-0.39, 0.29) is 18.4 Å². The van der Waals surface area contributed by atoms with Gasteiger partial charge in [0.2, 0.25) is 5.91 Å². The van der Waals surface area contributed by atoms with Crippen molar-refractivity contribution in [3.05, 3.63) is 29.8 Å². The lowest BCUT2D eigenvalue weighted by Gasteiger charge is -2.16. The number of amides is 2. The van der Waals surface area contributed by atoms with Crippen LogP contribution in [-0.4, -0.2) is 50.4 Å². The van der Waals surface area contributed by atoms with Crippen LogP contribution in [0.2, 0.25) is 0 Å². The van der Waals surface area contributed by atoms with Gasteiger partial charge in [-0.25, -0.2) is 0 Å². The fraction of sp³-hybridized carbons (Fsp3) is 0.467. The van der Waals surface area contributed by atoms with Crippen LogP contribution in [0.1, 0.15) is 23.2 Å². The molecule has 0 atom stereocenters. The molecule has 2 amide bonds. The molecule has 1 aliphatic rings. The number of nitrogens with one attached hydrogen (secondary N) is 1. The number of rotatable bonds is 4. The van der Waals surface area contributed by atoms with E-state index in [1.807, 2.05) is 37.2 Å². The van der Waals surface area contributed by atoms with E-state index < -0.39 is 0 Å². The molecule has 1 N–H and O–H groups in total. The lowest BCUT2D eigenvalue weighted by molar-refractivity contribution is -0.129. The lowest BCUT2D eigenvalue weighted by Crippen LogP contribution is -2.38. The molecule has 1 aromatic rings. The van der Waals surface area contributed by atoms with Crippen LogP contribution in [-0.2, 0) is 4.79 Å². The van der Waals surface area contributed by atoms with Crippen molar-refractivity contribution in [2.24, 2.45) is 0 Å². The molecular formula is C15H21N3O2. The van der Waals surface area contributed by atoms with Crippen molar-refractivity contribution in [2.75, 3.05) is 38.6 Å². The molecule has 1 aliphatic heterocycles. The third-order valence-corrected chi connectivity index (χ3v) is 3.48. The molecule has 0 bridgehead atoms. The number of hydrogen-bond acceptors (Lipinski definition) is 3. The van der Waals surface area contributed by atoms with E-state index in [2.05, 4.69) is 5.32 Å². The Kier molecular flexibility index (Phi) is 4.61. The number of benzene rings is 1. The molecule has 0 spiro atoms. The Hall–Kier alpha value is -2.04. The van der Waals surface area contributed by atoms with Crippen LogP contribution >= 0.6 is 0 Å². The highest BCUT2D eigenvalue weighted by Crippen LogP contribution is 2.13. The summed E-state index contributed by atoms with van der Waals surface area (Å²) in [4.78, 5) is 27.6. The molecular weight excluding hydrogens is 254 g/mol. The lowest BCUT2D eigenvalue weighted by atomic mass is 10.2. The third-order valence-electron chi connectivity index (χ3n) is 3.48. The van der Waals surface area contributed by atoms with Gasteiger partial charge in [0.25, 0.3) is 5.91 Å². The van der Waals surface area contributed by atoms with Crippen molar-refractivity contribution in [3.8, 4) is 0 Å². The van der Waals surface area contributed by atoms with E-state index >= 15 is 0 Å². The van der Waals surface area contributed by atoms with Crippen LogP contribution < -0.4 is 10.2 Å². The second-order valence-corrected chi connectivity index (χ2v) is 5.22. The average molecular weight is 275 g/mol. The third kappa shape index (κ3) is 3.50. The zero-order valence-corrected chi connectivity index (χ0v) is 12.1. The second kappa shape index (κ2) is 6.41. The van der Waals surface area contributed by atoms with E-state index in [0.717, 1.165) is 31.6 Å². The molecule has 0 aromatic heterocycles. The smallest absolute Gasteiger partial charge is 0.251 e. The van der Waals surface area contributed by atoms with Crippen molar-refractivity contribution in [3.63, 3.8) is 0 Å². The minimum atomic E-state index is -0.207. The second-order valence-electron chi connectivity index (χ2n) is 5.22. The Morgan fingerprint density at radius 3 is 2.60 bits per heavy atom. The minimum absolute atomic E-state index is 0.000357. The summed E-state index contributed by atoms with van der Waals surface area (Å²) in [5, 5.41) is 2.69. The minimum Gasteiger partial charge on any atom is -0.378 e. The summed E-state index contributed by atoms with van der Waals surface area (Å²) in [5.41, 5.74) is 1.54. The van der Waals surface area contributed by atoms with Crippen LogP contribution in [0.3, 0.4) is 0 Å². The van der Waals surface area contributed by atoms with Crippen molar-refractivity contribution in [1.29, 1.82) is 0 Å². The van der Waals surface area contributed by atoms with E-state index in [1.165, 1.54) is 0 Å². The molecule has 1 saturated heterocycles. The van der Waals surface area contributed by atoms with Crippen molar-refractivity contribution < 1.29 is 9.59 Å². The molecule has 2 rings (SSSR count). The monoisotopic (exact) mass is 275 g/mol. The maximum absolute atomic E-state index is 12.0. The maximum Gasteiger partial charge on any atom is 0.251 e. The van der Waals surface area contributed by atoms with Gasteiger partial charge in [0, 0.05) is 38.4 Å². The molecule has 0 saturated carbocycles. The first-order valence-corrected chi connectivity index (χ1v) is 6.91. The highest BCUT2D eigenvalue weighted by molar-refractivity contribution is 5.97. The highest BCUT2D eigenvalue weighted by atomic mass is 16.2. The van der Waals surface area contributed by atoms with Crippen LogP contribution in [0.4, 0.5) is 5.69 Å². The van der Waals surface area contributed by atoms with Crippen LogP contribution in [0.5, 0.6) is 0 Å². The Morgan fingerprint density at radius 2 is 1.95 bits per heavy atom. The number of nitrogens with zero attached hydrogens (tertiary/aromatic N) is 2. The molecule has 5 heteroatoms. The maximum atomic E-state index is 12.0. The topological polar surface area (TPSA) is 52.7 Å². The standard InChI is InChI=1S/C15H21N3O2/c1-17(2)13-7-5-6-12(10-13)15(20)16-11-14(19)18-8-3-4-9-18/h5-7,10H,3-4,8-9,11H2,1-2H3,(H,16,20). The van der Waals surface area contributed by atoms with Gasteiger partial charge in [0.15, 0.2) is 0 Å². The van der Waals surface area contributed by atoms with Gasteiger partial charge < -0.3 is 15.1 Å². The van der Waals surface area contributed by atoms with Gasteiger partial charge in [-0.2, -0.15) is 0 Å². The summed E-state index contributed by atoms with van der Waals surface area (Å²) < 4.78 is 0. The van der Waals surface area contributed by atoms with Gasteiger partial charge in [-0.15, -0.1) is 0 Å². The van der Waals surface area contributed by atoms with Gasteiger partial charge >= 0.3 is 0 Å². The first-order chi connectivity index (χ1) is 9.58. The Labute approximate surface area is 119 Å². The van der Waals surface area contributed by atoms with E-state index in [4.69, 9.17) is 0 Å². The Morgan fingerprint density at radius 1 is 1.25 bits per heavy atom. The predicted molar refractivity (Wildman–Crippen MR) is 78.9 cm³/mol. The van der Waals surface area contributed by atoms with E-state index in [1.54, 1.807) is 11.0 Å². The van der Waals surface area contributed by atoms with Crippen molar-refractivity contribution in [1.82, 2.24) is 10.2 Å². The number of anilines is 1. The SMILES string of the molecule is CN(C)c1cccc(C(=O)NCC(=O)N2CCCC2)c1. The zero-order valence-electron chi connectivity index (χ0n) is 12.1. The summed E-state index contributed by atoms with van der Waals surface area (Å²) >= 11 is 0. The highest BCUT2D eigenvalue weighted by Gasteiger charge is 2.18. The summed E-state index contributed by atoms with van der Waals surface area (Å²) in [5.74, 6) is -0.208. The average Bonchev–Trinajstić information content (AvgIpc) is 2.98. The van der Waals surface area contributed by atoms with Gasteiger partial charge in [0.05, 0.1) is 6.54 Å². The predicted octanol–water partition coefficient (Wildman–Crippen LogP) is 1.10. The Bertz CT molecular complexity index is 494.